The maximum absolute atomic E-state index is 13.8. The molecular weight excluding hydrogens is 548 g/mol. The number of nitrogens with one attached hydrogen (secondary N) is 1. The number of hydrogen-bond acceptors (Lipinski definition) is 9. The number of esters is 2. The Labute approximate surface area is 244 Å². The fourth-order valence-corrected chi connectivity index (χ4v) is 5.14. The summed E-state index contributed by atoms with van der Waals surface area (Å²) in [7, 11) is 0. The Morgan fingerprint density at radius 2 is 1.86 bits per heavy atom. The Morgan fingerprint density at radius 1 is 1.17 bits per heavy atom. The third-order valence-electron chi connectivity index (χ3n) is 7.83. The third-order valence-corrected chi connectivity index (χ3v) is 7.83. The predicted molar refractivity (Wildman–Crippen MR) is 152 cm³/mol. The summed E-state index contributed by atoms with van der Waals surface area (Å²) in [6.45, 7) is 8.31. The maximum atomic E-state index is 13.8. The summed E-state index contributed by atoms with van der Waals surface area (Å²) < 4.78 is 11.2. The number of hydrogen-bond donors (Lipinski definition) is 1. The van der Waals surface area contributed by atoms with Crippen LogP contribution in [-0.2, 0) is 23.9 Å². The number of amides is 2. The Bertz CT molecular complexity index is 1230. The number of rotatable bonds is 6. The summed E-state index contributed by atoms with van der Waals surface area (Å²) in [5, 5.41) is 26.1. The Balaban J connectivity index is 1.93. The van der Waals surface area contributed by atoms with Crippen molar-refractivity contribution in [2.45, 2.75) is 83.0 Å². The number of nitro groups is 1. The molecule has 2 aliphatic rings. The van der Waals surface area contributed by atoms with E-state index in [2.05, 4.69) is 12.0 Å². The highest BCUT2D eigenvalue weighted by atomic mass is 16.6. The van der Waals surface area contributed by atoms with Crippen molar-refractivity contribution in [2.24, 2.45) is 5.92 Å². The van der Waals surface area contributed by atoms with E-state index in [0.29, 0.717) is 11.2 Å². The van der Waals surface area contributed by atoms with Gasteiger partial charge >= 0.3 is 11.9 Å². The highest BCUT2D eigenvalue weighted by Gasteiger charge is 2.48. The molecule has 13 heteroatoms. The van der Waals surface area contributed by atoms with Gasteiger partial charge in [-0.05, 0) is 45.2 Å². The number of carbonyl (C=O) groups is 4. The maximum Gasteiger partial charge on any atom is 0.338 e. The van der Waals surface area contributed by atoms with Crippen LogP contribution in [0.2, 0.25) is 0 Å². The van der Waals surface area contributed by atoms with Crippen molar-refractivity contribution in [3.8, 4) is 0 Å². The van der Waals surface area contributed by atoms with Gasteiger partial charge in [-0.15, -0.1) is 0 Å². The lowest BCUT2D eigenvalue weighted by molar-refractivity contribution is -0.480. The number of carbonyl (C=O) groups excluding carboxylic acids is 4. The van der Waals surface area contributed by atoms with Crippen LogP contribution in [0.3, 0.4) is 0 Å². The molecule has 0 aromatic heterocycles. The fraction of sp³-hybridized carbons (Fsp3) is 0.552. The van der Waals surface area contributed by atoms with Gasteiger partial charge in [-0.1, -0.05) is 25.5 Å². The summed E-state index contributed by atoms with van der Waals surface area (Å²) in [6, 6.07) is 2.52. The predicted octanol–water partition coefficient (Wildman–Crippen LogP) is 2.90. The topological polar surface area (TPSA) is 171 Å². The molecule has 0 radical (unpaired) electrons. The first-order valence-corrected chi connectivity index (χ1v) is 14.1. The van der Waals surface area contributed by atoms with Crippen molar-refractivity contribution in [3.63, 3.8) is 0 Å². The molecule has 3 rings (SSSR count). The average molecular weight is 587 g/mol. The quantitative estimate of drug-likeness (QED) is 0.100. The first-order chi connectivity index (χ1) is 19.9. The van der Waals surface area contributed by atoms with Crippen LogP contribution in [0.25, 0.3) is 0 Å². The highest BCUT2D eigenvalue weighted by Crippen LogP contribution is 2.28. The molecule has 5 atom stereocenters. The van der Waals surface area contributed by atoms with E-state index >= 15 is 0 Å². The van der Waals surface area contributed by atoms with Gasteiger partial charge < -0.3 is 24.9 Å². The molecule has 0 aliphatic carbocycles. The van der Waals surface area contributed by atoms with E-state index < -0.39 is 58.3 Å². The summed E-state index contributed by atoms with van der Waals surface area (Å²) >= 11 is 0. The molecule has 2 amide bonds. The van der Waals surface area contributed by atoms with E-state index in [1.165, 1.54) is 29.2 Å². The molecule has 13 nitrogen and oxygen atoms in total. The van der Waals surface area contributed by atoms with Crippen LogP contribution >= 0.6 is 0 Å². The summed E-state index contributed by atoms with van der Waals surface area (Å²) in [5.74, 6) is -3.19. The molecule has 2 aliphatic heterocycles. The molecule has 0 bridgehead atoms. The fourth-order valence-electron chi connectivity index (χ4n) is 5.14. The molecule has 0 spiro atoms. The minimum absolute atomic E-state index is 0.0534. The van der Waals surface area contributed by atoms with Crippen molar-refractivity contribution in [3.05, 3.63) is 57.3 Å². The lowest BCUT2D eigenvalue weighted by atomic mass is 9.85. The van der Waals surface area contributed by atoms with E-state index in [-0.39, 0.29) is 37.2 Å². The van der Waals surface area contributed by atoms with Gasteiger partial charge in [0.1, 0.15) is 24.4 Å². The van der Waals surface area contributed by atoms with Crippen LogP contribution < -0.4 is 5.32 Å². The van der Waals surface area contributed by atoms with Crippen LogP contribution in [0.5, 0.6) is 0 Å². The van der Waals surface area contributed by atoms with Gasteiger partial charge in [0.25, 0.3) is 11.6 Å². The third kappa shape index (κ3) is 7.51. The standard InChI is InChI=1S/C29H38N4O9/c1-5-41-28(37)29(3)19(2)11-9-7-6-8-10-12-23(31(4)38)26(35)32-18-22(17-24(32)25(34)30-29)42-27(36)20-13-15-21(16-14-20)33(39)40/h9,11,13-16,19,22-24H,4-8,10,12,17-18H2,1-3H3,(H,30,34)/b11-9-/t19?,22-,23+,24+,29-/m1/s1. The molecule has 1 fully saturated rings. The van der Waals surface area contributed by atoms with Gasteiger partial charge in [-0.25, -0.2) is 14.3 Å². The van der Waals surface area contributed by atoms with Gasteiger partial charge in [0.2, 0.25) is 11.9 Å². The second-order valence-electron chi connectivity index (χ2n) is 10.8. The Kier molecular flexibility index (Phi) is 10.8. The Hall–Kier alpha value is -4.29. The Morgan fingerprint density at radius 3 is 2.48 bits per heavy atom. The first kappa shape index (κ1) is 32.2. The van der Waals surface area contributed by atoms with E-state index in [9.17, 15) is 34.5 Å². The monoisotopic (exact) mass is 586 g/mol. The smallest absolute Gasteiger partial charge is 0.338 e. The number of benzene rings is 1. The number of non-ortho nitro benzene ring substituents is 1. The second kappa shape index (κ2) is 14.1. The molecule has 2 heterocycles. The van der Waals surface area contributed by atoms with Crippen LogP contribution in [0.1, 0.15) is 69.7 Å². The van der Waals surface area contributed by atoms with Crippen LogP contribution in [0.15, 0.2) is 36.4 Å². The SMILES string of the molecule is C=[N+]([O-])[C@H]1CCCCC/C=C\C(C)[C@](C)(C(=O)OCC)NC(=O)[C@@H]2C[C@@H](OC(=O)c3ccc([N+](=O)[O-])cc3)CN2C1=O. The second-order valence-corrected chi connectivity index (χ2v) is 10.8. The molecule has 1 N–H and O–H groups in total. The molecule has 1 aromatic carbocycles. The molecule has 1 unspecified atom stereocenters. The van der Waals surface area contributed by atoms with Crippen molar-refractivity contribution >= 4 is 36.2 Å². The zero-order chi connectivity index (χ0) is 31.0. The van der Waals surface area contributed by atoms with Gasteiger partial charge in [-0.3, -0.25) is 19.7 Å². The summed E-state index contributed by atoms with van der Waals surface area (Å²) in [6.07, 6.45) is 5.84. The number of nitrogens with zero attached hydrogens (tertiary/aromatic N) is 3. The molecule has 42 heavy (non-hydrogen) atoms. The zero-order valence-corrected chi connectivity index (χ0v) is 24.2. The van der Waals surface area contributed by atoms with Crippen molar-refractivity contribution in [1.82, 2.24) is 10.2 Å². The van der Waals surface area contributed by atoms with Gasteiger partial charge in [0.05, 0.1) is 23.6 Å². The van der Waals surface area contributed by atoms with E-state index in [1.807, 2.05) is 12.2 Å². The van der Waals surface area contributed by atoms with Crippen molar-refractivity contribution < 1.29 is 38.3 Å². The van der Waals surface area contributed by atoms with E-state index in [1.54, 1.807) is 20.8 Å². The molecule has 228 valence electrons. The van der Waals surface area contributed by atoms with Crippen LogP contribution in [-0.4, -0.2) is 81.9 Å². The van der Waals surface area contributed by atoms with E-state index in [4.69, 9.17) is 9.47 Å². The largest absolute Gasteiger partial charge is 0.624 e. The summed E-state index contributed by atoms with van der Waals surface area (Å²) in [5.41, 5.74) is -1.61. The molecule has 1 aromatic rings. The van der Waals surface area contributed by atoms with Gasteiger partial charge in [0.15, 0.2) is 0 Å². The van der Waals surface area contributed by atoms with Crippen molar-refractivity contribution in [1.29, 1.82) is 0 Å². The minimum Gasteiger partial charge on any atom is -0.624 e. The molecule has 1 saturated heterocycles. The normalized spacial score (nSPS) is 27.9. The van der Waals surface area contributed by atoms with E-state index in [0.717, 1.165) is 19.3 Å². The lowest BCUT2D eigenvalue weighted by Crippen LogP contribution is -2.61. The lowest BCUT2D eigenvalue weighted by Gasteiger charge is -2.35. The number of fused-ring (bicyclic) bond motifs is 1. The first-order valence-electron chi connectivity index (χ1n) is 14.1. The average Bonchev–Trinajstić information content (AvgIpc) is 3.37. The number of nitro benzene ring substituents is 1. The minimum atomic E-state index is -1.47. The van der Waals surface area contributed by atoms with Crippen LogP contribution in [0.4, 0.5) is 5.69 Å². The molecular formula is C29H38N4O9. The molecule has 0 saturated carbocycles. The number of hydroxylamine groups is 1. The number of allylic oxidation sites excluding steroid dienone is 1. The van der Waals surface area contributed by atoms with Gasteiger partial charge in [0, 0.05) is 30.9 Å². The van der Waals surface area contributed by atoms with Crippen molar-refractivity contribution in [2.75, 3.05) is 13.2 Å². The van der Waals surface area contributed by atoms with Crippen LogP contribution in [0, 0.1) is 21.2 Å². The summed E-state index contributed by atoms with van der Waals surface area (Å²) in [4.78, 5) is 64.9. The number of ether oxygens (including phenoxy) is 2. The van der Waals surface area contributed by atoms with Gasteiger partial charge in [-0.2, -0.15) is 0 Å². The zero-order valence-electron chi connectivity index (χ0n) is 24.2. The highest BCUT2D eigenvalue weighted by molar-refractivity contribution is 5.94.